The van der Waals surface area contributed by atoms with Crippen LogP contribution >= 0.6 is 0 Å². The molecule has 0 heterocycles. The van der Waals surface area contributed by atoms with Gasteiger partial charge in [0.25, 0.3) is 0 Å². The maximum atomic E-state index is 9.81. The second-order valence-corrected chi connectivity index (χ2v) is 3.14. The third kappa shape index (κ3) is 12.1. The number of carbonyl (C=O) groups is 2. The van der Waals surface area contributed by atoms with Crippen LogP contribution in [0.2, 0.25) is 0 Å². The van der Waals surface area contributed by atoms with E-state index in [4.69, 9.17) is 0 Å². The molecule has 21 heavy (non-hydrogen) atoms. The van der Waals surface area contributed by atoms with E-state index in [0.717, 1.165) is 0 Å². The molecule has 0 aliphatic heterocycles. The minimum atomic E-state index is 0. The summed E-state index contributed by atoms with van der Waals surface area (Å²) in [5.74, 6) is 0. The van der Waals surface area contributed by atoms with Gasteiger partial charge < -0.3 is 45.0 Å². The smallest absolute Gasteiger partial charge is 1.00 e. The molecule has 0 N–H and O–H groups in total. The molecule has 0 radical (unpaired) electrons. The van der Waals surface area contributed by atoms with E-state index in [0.29, 0.717) is 24.2 Å². The zero-order valence-corrected chi connectivity index (χ0v) is 14.0. The first-order chi connectivity index (χ1) is 8.86. The van der Waals surface area contributed by atoms with Crippen LogP contribution in [0, 0.1) is 0 Å². The van der Waals surface area contributed by atoms with Gasteiger partial charge in [0.2, 0.25) is 0 Å². The number of rotatable bonds is 4. The molecule has 0 saturated carbocycles. The van der Waals surface area contributed by atoms with Crippen molar-refractivity contribution in [2.75, 3.05) is 0 Å². The SMILES string of the molecule is O=C[N-]c1ccccc1.O=C[N-]c1ccccc1.[Cl-].[Cl-].[Ti+4]. The van der Waals surface area contributed by atoms with Crippen molar-refractivity contribution in [3.05, 3.63) is 71.3 Å². The monoisotopic (exact) mass is 358 g/mol. The van der Waals surface area contributed by atoms with E-state index in [-0.39, 0.29) is 46.5 Å². The summed E-state index contributed by atoms with van der Waals surface area (Å²) in [6.45, 7) is 0. The third-order valence-corrected chi connectivity index (χ3v) is 1.92. The molecular formula is C14H12Cl2N2O2Ti. The van der Waals surface area contributed by atoms with E-state index < -0.39 is 0 Å². The summed E-state index contributed by atoms with van der Waals surface area (Å²) in [4.78, 5) is 19.6. The van der Waals surface area contributed by atoms with Crippen molar-refractivity contribution < 1.29 is 56.1 Å². The van der Waals surface area contributed by atoms with E-state index in [2.05, 4.69) is 10.6 Å². The molecule has 0 aliphatic rings. The Morgan fingerprint density at radius 1 is 0.619 bits per heavy atom. The molecule has 0 atom stereocenters. The number of hydrogen-bond acceptors (Lipinski definition) is 2. The van der Waals surface area contributed by atoms with Crippen LogP contribution in [-0.2, 0) is 31.3 Å². The molecule has 0 aromatic heterocycles. The number of amides is 2. The fraction of sp³-hybridized carbons (Fsp3) is 0. The van der Waals surface area contributed by atoms with Gasteiger partial charge in [0.05, 0.1) is 0 Å². The number of para-hydroxylation sites is 2. The third-order valence-electron chi connectivity index (χ3n) is 1.92. The first-order valence-corrected chi connectivity index (χ1v) is 5.26. The fourth-order valence-corrected chi connectivity index (χ4v) is 1.15. The van der Waals surface area contributed by atoms with Gasteiger partial charge in [0.15, 0.2) is 0 Å². The van der Waals surface area contributed by atoms with E-state index in [1.165, 1.54) is 0 Å². The van der Waals surface area contributed by atoms with Gasteiger partial charge in [-0.15, -0.1) is 11.4 Å². The second-order valence-electron chi connectivity index (χ2n) is 3.14. The van der Waals surface area contributed by atoms with Gasteiger partial charge in [-0.3, -0.25) is 0 Å². The maximum Gasteiger partial charge on any atom is 4.00 e. The minimum absolute atomic E-state index is 0. The molecule has 7 heteroatoms. The van der Waals surface area contributed by atoms with E-state index in [1.54, 1.807) is 24.3 Å². The van der Waals surface area contributed by atoms with Gasteiger partial charge in [-0.1, -0.05) is 60.7 Å². The van der Waals surface area contributed by atoms with Gasteiger partial charge in [0, 0.05) is 12.8 Å². The Labute approximate surface area is 151 Å². The minimum Gasteiger partial charge on any atom is -1.00 e. The van der Waals surface area contributed by atoms with Crippen LogP contribution in [0.5, 0.6) is 0 Å². The van der Waals surface area contributed by atoms with Gasteiger partial charge in [-0.05, 0) is 0 Å². The van der Waals surface area contributed by atoms with Crippen LogP contribution in [-0.4, -0.2) is 12.8 Å². The molecule has 108 valence electrons. The molecule has 0 saturated heterocycles. The van der Waals surface area contributed by atoms with Crippen molar-refractivity contribution in [3.63, 3.8) is 0 Å². The molecular weight excluding hydrogens is 347 g/mol. The fourth-order valence-electron chi connectivity index (χ4n) is 1.15. The molecule has 4 nitrogen and oxygen atoms in total. The zero-order valence-electron chi connectivity index (χ0n) is 10.9. The molecule has 0 spiro atoms. The van der Waals surface area contributed by atoms with Crippen molar-refractivity contribution >= 4 is 24.2 Å². The standard InChI is InChI=1S/2C7H7NO.2ClH.Ti/c2*9-6-8-7-4-2-1-3-5-7;;;/h2*1-6H,(H,8,9);2*1H;/q;;;;+4/p-4. The Morgan fingerprint density at radius 3 is 1.14 bits per heavy atom. The summed E-state index contributed by atoms with van der Waals surface area (Å²) in [5, 5.41) is 7.05. The summed E-state index contributed by atoms with van der Waals surface area (Å²) < 4.78 is 0. The summed E-state index contributed by atoms with van der Waals surface area (Å²) in [5.41, 5.74) is 1.40. The number of nitrogens with zero attached hydrogens (tertiary/aromatic N) is 2. The number of carbonyl (C=O) groups excluding carboxylic acids is 2. The Bertz CT molecular complexity index is 427. The Kier molecular flexibility index (Phi) is 19.7. The average molecular weight is 359 g/mol. The molecule has 2 aromatic rings. The second kappa shape index (κ2) is 16.7. The van der Waals surface area contributed by atoms with Gasteiger partial charge in [-0.2, -0.15) is 0 Å². The normalized spacial score (nSPS) is 7.24. The van der Waals surface area contributed by atoms with Crippen molar-refractivity contribution in [1.29, 1.82) is 0 Å². The molecule has 2 aromatic carbocycles. The molecule has 0 fully saturated rings. The summed E-state index contributed by atoms with van der Waals surface area (Å²) in [7, 11) is 0. The molecule has 0 unspecified atom stereocenters. The molecule has 0 aliphatic carbocycles. The van der Waals surface area contributed by atoms with Gasteiger partial charge in [-0.25, -0.2) is 0 Å². The first-order valence-electron chi connectivity index (χ1n) is 5.26. The van der Waals surface area contributed by atoms with Crippen molar-refractivity contribution in [2.24, 2.45) is 0 Å². The summed E-state index contributed by atoms with van der Waals surface area (Å²) in [6, 6.07) is 18.2. The Hall–Kier alpha value is -1.33. The summed E-state index contributed by atoms with van der Waals surface area (Å²) >= 11 is 0. The average Bonchev–Trinajstić information content (AvgIpc) is 2.43. The van der Waals surface area contributed by atoms with Crippen LogP contribution in [0.3, 0.4) is 0 Å². The van der Waals surface area contributed by atoms with Crippen molar-refractivity contribution in [3.8, 4) is 0 Å². The predicted octanol–water partition coefficient (Wildman–Crippen LogP) is -2.30. The maximum absolute atomic E-state index is 9.81. The quantitative estimate of drug-likeness (QED) is 0.456. The van der Waals surface area contributed by atoms with Crippen LogP contribution in [0.15, 0.2) is 60.7 Å². The zero-order chi connectivity index (χ0) is 13.1. The Balaban J connectivity index is -0.000000270. The number of hydrogen-bond donors (Lipinski definition) is 0. The topological polar surface area (TPSA) is 62.3 Å². The number of benzene rings is 2. The number of halogens is 2. The van der Waals surface area contributed by atoms with Crippen molar-refractivity contribution in [2.45, 2.75) is 0 Å². The predicted molar refractivity (Wildman–Crippen MR) is 71.1 cm³/mol. The van der Waals surface area contributed by atoms with Gasteiger partial charge in [0.1, 0.15) is 0 Å². The van der Waals surface area contributed by atoms with Crippen LogP contribution in [0.1, 0.15) is 0 Å². The van der Waals surface area contributed by atoms with E-state index >= 15 is 0 Å². The first kappa shape index (κ1) is 24.7. The van der Waals surface area contributed by atoms with Crippen molar-refractivity contribution in [1.82, 2.24) is 0 Å². The summed E-state index contributed by atoms with van der Waals surface area (Å²) in [6.07, 6.45) is 1.07. The molecule has 0 bridgehead atoms. The van der Waals surface area contributed by atoms with E-state index in [1.807, 2.05) is 36.4 Å². The van der Waals surface area contributed by atoms with Crippen LogP contribution in [0.4, 0.5) is 11.4 Å². The van der Waals surface area contributed by atoms with Gasteiger partial charge >= 0.3 is 21.7 Å². The molecule has 2 rings (SSSR count). The van der Waals surface area contributed by atoms with Crippen LogP contribution < -0.4 is 24.8 Å². The van der Waals surface area contributed by atoms with E-state index in [9.17, 15) is 9.59 Å². The van der Waals surface area contributed by atoms with Crippen LogP contribution in [0.25, 0.3) is 10.6 Å². The molecule has 2 amide bonds. The largest absolute Gasteiger partial charge is 4.00 e. The Morgan fingerprint density at radius 2 is 0.905 bits per heavy atom.